The van der Waals surface area contributed by atoms with E-state index in [2.05, 4.69) is 5.82 Å². The Balaban J connectivity index is 2.13. The molecule has 1 saturated heterocycles. The molecular weight excluding hydrogens is 143 g/mol. The summed E-state index contributed by atoms with van der Waals surface area (Å²) in [5.41, 5.74) is 0. The molecule has 0 N–H and O–H groups in total. The van der Waals surface area contributed by atoms with E-state index in [9.17, 15) is 0 Å². The van der Waals surface area contributed by atoms with Crippen molar-refractivity contribution in [2.24, 2.45) is 0 Å². The average molecular weight is 155 g/mol. The molecular formula is C6H12MnO. The third-order valence-corrected chi connectivity index (χ3v) is 2.67. The Morgan fingerprint density at radius 2 is 2.38 bits per heavy atom. The van der Waals surface area contributed by atoms with Gasteiger partial charge in [0.15, 0.2) is 0 Å². The van der Waals surface area contributed by atoms with Gasteiger partial charge in [-0.3, -0.25) is 0 Å². The number of hydrogen-bond donors (Lipinski definition) is 0. The zero-order chi connectivity index (χ0) is 5.82. The first-order valence-corrected chi connectivity index (χ1v) is 4.89. The normalized spacial score (nSPS) is 30.4. The second kappa shape index (κ2) is 3.49. The Morgan fingerprint density at radius 1 is 1.50 bits per heavy atom. The summed E-state index contributed by atoms with van der Waals surface area (Å²) in [7, 11) is 0. The molecule has 2 heteroatoms. The summed E-state index contributed by atoms with van der Waals surface area (Å²) in [6.07, 6.45) is 3.96. The van der Waals surface area contributed by atoms with Crippen molar-refractivity contribution in [3.63, 3.8) is 0 Å². The van der Waals surface area contributed by atoms with Crippen molar-refractivity contribution in [3.8, 4) is 0 Å². The van der Waals surface area contributed by atoms with E-state index in [1.54, 1.807) is 0 Å². The molecule has 1 heterocycles. The molecule has 1 nitrogen and oxygen atoms in total. The van der Waals surface area contributed by atoms with Crippen LogP contribution < -0.4 is 0 Å². The molecule has 1 fully saturated rings. The maximum absolute atomic E-state index is 5.44. The SMILES string of the molecule is [CH3][Mn][CH]1CCCCO1. The molecule has 0 aromatic carbocycles. The molecule has 0 aromatic heterocycles. The van der Waals surface area contributed by atoms with E-state index < -0.39 is 0 Å². The second-order valence-corrected chi connectivity index (χ2v) is 3.44. The van der Waals surface area contributed by atoms with Gasteiger partial charge in [0.1, 0.15) is 0 Å². The fraction of sp³-hybridized carbons (Fsp3) is 1.00. The fourth-order valence-corrected chi connectivity index (χ4v) is 1.79. The Labute approximate surface area is 57.0 Å². The van der Waals surface area contributed by atoms with Crippen molar-refractivity contribution in [1.29, 1.82) is 0 Å². The molecule has 1 rings (SSSR count). The summed E-state index contributed by atoms with van der Waals surface area (Å²) in [5, 5.41) is 0.618. The first kappa shape index (κ1) is 6.60. The average Bonchev–Trinajstić information content (AvgIpc) is 1.90. The summed E-state index contributed by atoms with van der Waals surface area (Å²) in [6, 6.07) is 0. The van der Waals surface area contributed by atoms with Gasteiger partial charge >= 0.3 is 56.4 Å². The van der Waals surface area contributed by atoms with Crippen molar-refractivity contribution < 1.29 is 19.7 Å². The van der Waals surface area contributed by atoms with E-state index in [1.807, 2.05) is 0 Å². The molecule has 1 aliphatic heterocycles. The Kier molecular flexibility index (Phi) is 2.88. The summed E-state index contributed by atoms with van der Waals surface area (Å²) < 4.78 is 5.44. The van der Waals surface area contributed by atoms with E-state index in [4.69, 9.17) is 4.74 Å². The molecule has 0 saturated carbocycles. The van der Waals surface area contributed by atoms with Crippen molar-refractivity contribution in [2.75, 3.05) is 6.61 Å². The molecule has 0 radical (unpaired) electrons. The van der Waals surface area contributed by atoms with Gasteiger partial charge in [0.05, 0.1) is 0 Å². The number of ether oxygens (including phenoxy) is 1. The third kappa shape index (κ3) is 1.77. The van der Waals surface area contributed by atoms with Crippen molar-refractivity contribution in [3.05, 3.63) is 0 Å². The van der Waals surface area contributed by atoms with Gasteiger partial charge in [0.25, 0.3) is 0 Å². The van der Waals surface area contributed by atoms with Crippen LogP contribution in [0.2, 0.25) is 5.82 Å². The van der Waals surface area contributed by atoms with Crippen LogP contribution in [-0.2, 0) is 19.7 Å². The predicted molar refractivity (Wildman–Crippen MR) is 29.5 cm³/mol. The molecule has 8 heavy (non-hydrogen) atoms. The van der Waals surface area contributed by atoms with Crippen molar-refractivity contribution >= 4 is 0 Å². The van der Waals surface area contributed by atoms with E-state index in [1.165, 1.54) is 19.3 Å². The summed E-state index contributed by atoms with van der Waals surface area (Å²) in [4.78, 5) is 0. The van der Waals surface area contributed by atoms with Gasteiger partial charge in [-0.1, -0.05) is 0 Å². The molecule has 0 aromatic rings. The minimum atomic E-state index is 0.618. The molecule has 0 spiro atoms. The first-order chi connectivity index (χ1) is 3.93. The van der Waals surface area contributed by atoms with Crippen LogP contribution in [0.5, 0.6) is 0 Å². The molecule has 0 amide bonds. The number of rotatable bonds is 1. The summed E-state index contributed by atoms with van der Waals surface area (Å²) >= 11 is 0.959. The van der Waals surface area contributed by atoms with Crippen LogP contribution in [0, 0.1) is 0 Å². The van der Waals surface area contributed by atoms with Crippen LogP contribution in [0.25, 0.3) is 0 Å². The number of hydrogen-bond acceptors (Lipinski definition) is 1. The van der Waals surface area contributed by atoms with E-state index in [-0.39, 0.29) is 0 Å². The van der Waals surface area contributed by atoms with Crippen LogP contribution in [-0.4, -0.2) is 11.6 Å². The van der Waals surface area contributed by atoms with Gasteiger partial charge in [-0.25, -0.2) is 0 Å². The second-order valence-electron chi connectivity index (χ2n) is 1.99. The van der Waals surface area contributed by atoms with Gasteiger partial charge in [-0.15, -0.1) is 0 Å². The zero-order valence-corrected chi connectivity index (χ0v) is 6.37. The Bertz CT molecular complexity index is 59.5. The third-order valence-electron chi connectivity index (χ3n) is 1.37. The molecule has 0 bridgehead atoms. The summed E-state index contributed by atoms with van der Waals surface area (Å²) in [6.45, 7) is 1.01. The van der Waals surface area contributed by atoms with Gasteiger partial charge in [0, 0.05) is 0 Å². The van der Waals surface area contributed by atoms with Crippen molar-refractivity contribution in [1.82, 2.24) is 0 Å². The standard InChI is InChI=1S/C5H9O.CH3.Mn/c1-2-4-6-5-3-1;;/h4H,1-3,5H2;1H3;. The van der Waals surface area contributed by atoms with Gasteiger partial charge in [0.2, 0.25) is 0 Å². The predicted octanol–water partition coefficient (Wildman–Crippen LogP) is 1.64. The molecule has 0 aliphatic carbocycles. The molecule has 49 valence electrons. The van der Waals surface area contributed by atoms with Crippen LogP contribution in [0.1, 0.15) is 19.3 Å². The van der Waals surface area contributed by atoms with Crippen LogP contribution in [0.3, 0.4) is 0 Å². The van der Waals surface area contributed by atoms with Crippen LogP contribution >= 0.6 is 0 Å². The zero-order valence-electron chi connectivity index (χ0n) is 5.19. The van der Waals surface area contributed by atoms with Crippen LogP contribution in [0.4, 0.5) is 0 Å². The van der Waals surface area contributed by atoms with E-state index >= 15 is 0 Å². The van der Waals surface area contributed by atoms with Crippen LogP contribution in [0.15, 0.2) is 0 Å². The molecule has 1 unspecified atom stereocenters. The van der Waals surface area contributed by atoms with Gasteiger partial charge in [-0.05, 0) is 0 Å². The quantitative estimate of drug-likeness (QED) is 0.523. The fourth-order valence-electron chi connectivity index (χ4n) is 0.874. The van der Waals surface area contributed by atoms with Gasteiger partial charge in [-0.2, -0.15) is 0 Å². The Morgan fingerprint density at radius 3 is 2.75 bits per heavy atom. The topological polar surface area (TPSA) is 9.23 Å². The molecule has 1 aliphatic rings. The van der Waals surface area contributed by atoms with E-state index in [0.717, 1.165) is 21.6 Å². The Hall–Kier alpha value is 0.479. The maximum atomic E-state index is 5.44. The minimum absolute atomic E-state index is 0.618. The summed E-state index contributed by atoms with van der Waals surface area (Å²) in [5.74, 6) is 2.22. The first-order valence-electron chi connectivity index (χ1n) is 3.03. The van der Waals surface area contributed by atoms with Crippen molar-refractivity contribution in [2.45, 2.75) is 30.1 Å². The monoisotopic (exact) mass is 155 g/mol. The molecule has 1 atom stereocenters. The van der Waals surface area contributed by atoms with Gasteiger partial charge < -0.3 is 0 Å². The van der Waals surface area contributed by atoms with E-state index in [0.29, 0.717) is 5.00 Å².